The SMILES string of the molecule is COC(=O)CCCCCOc1cccc(CCCCCCOS(C)(=O)=O)c1CCC(=O)O. The summed E-state index contributed by atoms with van der Waals surface area (Å²) in [5.74, 6) is -0.338. The van der Waals surface area contributed by atoms with Gasteiger partial charge in [-0.25, -0.2) is 0 Å². The highest BCUT2D eigenvalue weighted by atomic mass is 32.2. The van der Waals surface area contributed by atoms with Gasteiger partial charge < -0.3 is 14.6 Å². The van der Waals surface area contributed by atoms with E-state index in [4.69, 9.17) is 14.0 Å². The molecule has 0 aromatic heterocycles. The van der Waals surface area contributed by atoms with Crippen LogP contribution in [0.2, 0.25) is 0 Å². The monoisotopic (exact) mass is 472 g/mol. The van der Waals surface area contributed by atoms with Crippen LogP contribution in [-0.4, -0.2) is 52.0 Å². The average molecular weight is 473 g/mol. The molecular weight excluding hydrogens is 436 g/mol. The zero-order chi connectivity index (χ0) is 23.8. The first kappa shape index (κ1) is 27.9. The highest BCUT2D eigenvalue weighted by molar-refractivity contribution is 7.85. The molecule has 1 aromatic rings. The van der Waals surface area contributed by atoms with E-state index in [0.29, 0.717) is 25.9 Å². The minimum atomic E-state index is -3.38. The number of aliphatic carboxylic acids is 1. The van der Waals surface area contributed by atoms with E-state index in [2.05, 4.69) is 4.74 Å². The molecule has 0 amide bonds. The largest absolute Gasteiger partial charge is 0.493 e. The number of aryl methyl sites for hydroxylation is 1. The van der Waals surface area contributed by atoms with Crippen LogP contribution in [0.15, 0.2) is 18.2 Å². The molecule has 0 bridgehead atoms. The normalized spacial score (nSPS) is 11.3. The first-order valence-electron chi connectivity index (χ1n) is 11.1. The minimum Gasteiger partial charge on any atom is -0.493 e. The number of rotatable bonds is 18. The van der Waals surface area contributed by atoms with Gasteiger partial charge >= 0.3 is 11.9 Å². The Morgan fingerprint density at radius 3 is 2.28 bits per heavy atom. The Balaban J connectivity index is 2.53. The molecule has 0 aliphatic carbocycles. The number of carbonyl (C=O) groups is 2. The van der Waals surface area contributed by atoms with E-state index in [0.717, 1.165) is 68.1 Å². The molecule has 1 rings (SSSR count). The van der Waals surface area contributed by atoms with Crippen LogP contribution >= 0.6 is 0 Å². The predicted octanol–water partition coefficient (Wildman–Crippen LogP) is 3.90. The molecule has 0 aliphatic rings. The summed E-state index contributed by atoms with van der Waals surface area (Å²) in [7, 11) is -2.00. The smallest absolute Gasteiger partial charge is 0.305 e. The van der Waals surface area contributed by atoms with E-state index >= 15 is 0 Å². The number of unbranched alkanes of at least 4 members (excludes halogenated alkanes) is 5. The van der Waals surface area contributed by atoms with Crippen molar-refractivity contribution in [3.05, 3.63) is 29.3 Å². The summed E-state index contributed by atoms with van der Waals surface area (Å²) in [5, 5.41) is 9.12. The van der Waals surface area contributed by atoms with Gasteiger partial charge in [-0.2, -0.15) is 8.42 Å². The molecule has 0 saturated carbocycles. The Morgan fingerprint density at radius 2 is 1.59 bits per heavy atom. The second-order valence-corrected chi connectivity index (χ2v) is 9.36. The molecule has 0 fully saturated rings. The van der Waals surface area contributed by atoms with Crippen molar-refractivity contribution in [2.45, 2.75) is 70.6 Å². The van der Waals surface area contributed by atoms with Crippen LogP contribution in [0.3, 0.4) is 0 Å². The van der Waals surface area contributed by atoms with E-state index in [9.17, 15) is 18.0 Å². The number of ether oxygens (including phenoxy) is 2. The Labute approximate surface area is 191 Å². The number of hydrogen-bond donors (Lipinski definition) is 1. The third-order valence-corrected chi connectivity index (χ3v) is 5.56. The summed E-state index contributed by atoms with van der Waals surface area (Å²) in [6.07, 6.45) is 8.47. The summed E-state index contributed by atoms with van der Waals surface area (Å²) < 4.78 is 37.2. The Hall–Kier alpha value is -2.13. The quantitative estimate of drug-likeness (QED) is 0.194. The van der Waals surface area contributed by atoms with Crippen molar-refractivity contribution < 1.29 is 36.8 Å². The molecular formula is C23H36O8S. The van der Waals surface area contributed by atoms with Gasteiger partial charge in [-0.05, 0) is 62.1 Å². The molecule has 0 unspecified atom stereocenters. The van der Waals surface area contributed by atoms with Crippen molar-refractivity contribution in [3.63, 3.8) is 0 Å². The van der Waals surface area contributed by atoms with Crippen LogP contribution in [0, 0.1) is 0 Å². The van der Waals surface area contributed by atoms with Crippen LogP contribution in [0.1, 0.15) is 68.9 Å². The van der Waals surface area contributed by atoms with Crippen molar-refractivity contribution in [1.82, 2.24) is 0 Å². The number of carboxylic acids is 1. The lowest BCUT2D eigenvalue weighted by atomic mass is 9.97. The average Bonchev–Trinajstić information content (AvgIpc) is 2.73. The van der Waals surface area contributed by atoms with Crippen molar-refractivity contribution in [3.8, 4) is 5.75 Å². The summed E-state index contributed by atoms with van der Waals surface area (Å²) >= 11 is 0. The van der Waals surface area contributed by atoms with Gasteiger partial charge in [0.1, 0.15) is 5.75 Å². The van der Waals surface area contributed by atoms with E-state index in [1.54, 1.807) is 0 Å². The summed E-state index contributed by atoms with van der Waals surface area (Å²) in [6, 6.07) is 5.80. The van der Waals surface area contributed by atoms with Crippen LogP contribution in [0.25, 0.3) is 0 Å². The maximum absolute atomic E-state index is 11.1. The first-order valence-corrected chi connectivity index (χ1v) is 12.9. The zero-order valence-corrected chi connectivity index (χ0v) is 20.0. The van der Waals surface area contributed by atoms with Crippen LogP contribution < -0.4 is 4.74 Å². The zero-order valence-electron chi connectivity index (χ0n) is 19.1. The van der Waals surface area contributed by atoms with Gasteiger partial charge in [0.2, 0.25) is 0 Å². The maximum atomic E-state index is 11.1. The molecule has 182 valence electrons. The number of methoxy groups -OCH3 is 1. The molecule has 8 nitrogen and oxygen atoms in total. The van der Waals surface area contributed by atoms with Crippen molar-refractivity contribution in [2.75, 3.05) is 26.6 Å². The summed E-state index contributed by atoms with van der Waals surface area (Å²) in [5.41, 5.74) is 2.02. The lowest BCUT2D eigenvalue weighted by molar-refractivity contribution is -0.141. The van der Waals surface area contributed by atoms with Gasteiger partial charge in [-0.3, -0.25) is 13.8 Å². The fraction of sp³-hybridized carbons (Fsp3) is 0.652. The second-order valence-electron chi connectivity index (χ2n) is 7.71. The Kier molecular flexibility index (Phi) is 13.6. The molecule has 0 radical (unpaired) electrons. The maximum Gasteiger partial charge on any atom is 0.305 e. The molecule has 32 heavy (non-hydrogen) atoms. The van der Waals surface area contributed by atoms with E-state index in [1.165, 1.54) is 7.11 Å². The lowest BCUT2D eigenvalue weighted by Gasteiger charge is -2.15. The van der Waals surface area contributed by atoms with Crippen molar-refractivity contribution >= 4 is 22.1 Å². The fourth-order valence-electron chi connectivity index (χ4n) is 3.31. The molecule has 0 aliphatic heterocycles. The number of hydrogen-bond acceptors (Lipinski definition) is 7. The van der Waals surface area contributed by atoms with Crippen LogP contribution in [-0.2, 0) is 41.5 Å². The molecule has 9 heteroatoms. The third kappa shape index (κ3) is 13.3. The second kappa shape index (κ2) is 15.6. The number of benzene rings is 1. The van der Waals surface area contributed by atoms with E-state index < -0.39 is 16.1 Å². The Bertz CT molecular complexity index is 804. The van der Waals surface area contributed by atoms with Gasteiger partial charge in [-0.15, -0.1) is 0 Å². The summed E-state index contributed by atoms with van der Waals surface area (Å²) in [4.78, 5) is 22.2. The summed E-state index contributed by atoms with van der Waals surface area (Å²) in [6.45, 7) is 0.705. The molecule has 0 saturated heterocycles. The van der Waals surface area contributed by atoms with Crippen LogP contribution in [0.5, 0.6) is 5.75 Å². The number of esters is 1. The van der Waals surface area contributed by atoms with Gasteiger partial charge in [0.25, 0.3) is 10.1 Å². The predicted molar refractivity (Wildman–Crippen MR) is 121 cm³/mol. The fourth-order valence-corrected chi connectivity index (χ4v) is 3.73. The Morgan fingerprint density at radius 1 is 0.906 bits per heavy atom. The number of carbonyl (C=O) groups excluding carboxylic acids is 1. The first-order chi connectivity index (χ1) is 15.2. The highest BCUT2D eigenvalue weighted by Gasteiger charge is 2.12. The lowest BCUT2D eigenvalue weighted by Crippen LogP contribution is -2.06. The minimum absolute atomic E-state index is 0.0370. The molecule has 1 aromatic carbocycles. The van der Waals surface area contributed by atoms with Gasteiger partial charge in [0, 0.05) is 12.8 Å². The van der Waals surface area contributed by atoms with Crippen molar-refractivity contribution in [2.24, 2.45) is 0 Å². The van der Waals surface area contributed by atoms with Gasteiger partial charge in [-0.1, -0.05) is 25.0 Å². The van der Waals surface area contributed by atoms with E-state index in [-0.39, 0.29) is 19.0 Å². The highest BCUT2D eigenvalue weighted by Crippen LogP contribution is 2.26. The number of carboxylic acid groups (broad SMARTS) is 1. The van der Waals surface area contributed by atoms with Gasteiger partial charge in [0.05, 0.1) is 26.6 Å². The molecule has 0 atom stereocenters. The third-order valence-electron chi connectivity index (χ3n) is 4.97. The standard InChI is InChI=1S/C23H36O8S/c1-29-23(26)14-7-5-8-17-30-21-13-10-12-19(20(21)15-16-22(24)25)11-6-3-4-9-18-31-32(2,27)28/h10,12-13H,3-9,11,14-18H2,1-2H3,(H,24,25). The van der Waals surface area contributed by atoms with E-state index in [1.807, 2.05) is 18.2 Å². The molecule has 0 heterocycles. The molecule has 0 spiro atoms. The van der Waals surface area contributed by atoms with Crippen molar-refractivity contribution in [1.29, 1.82) is 0 Å². The topological polar surface area (TPSA) is 116 Å². The molecule has 1 N–H and O–H groups in total. The van der Waals surface area contributed by atoms with Gasteiger partial charge in [0.15, 0.2) is 0 Å². The van der Waals surface area contributed by atoms with Crippen LogP contribution in [0.4, 0.5) is 0 Å².